The molecule has 0 fully saturated rings. The molecule has 1 aromatic carbocycles. The smallest absolute Gasteiger partial charge is 0.145 e. The lowest BCUT2D eigenvalue weighted by molar-refractivity contribution is 0.283. The Kier molecular flexibility index (Phi) is 3.61. The molecule has 3 rings (SSSR count). The average molecular weight is 298 g/mol. The minimum atomic E-state index is -0.0384. The number of aliphatic hydroxyl groups excluding tert-OH is 1. The summed E-state index contributed by atoms with van der Waals surface area (Å²) in [7, 11) is 0. The minimum absolute atomic E-state index is 0.0384. The van der Waals surface area contributed by atoms with Crippen molar-refractivity contribution in [3.05, 3.63) is 64.6 Å². The fraction of sp³-hybridized carbons (Fsp3) is 0.125. The van der Waals surface area contributed by atoms with Crippen molar-refractivity contribution in [2.75, 3.05) is 0 Å². The van der Waals surface area contributed by atoms with Crippen molar-refractivity contribution in [2.45, 2.75) is 13.2 Å². The van der Waals surface area contributed by atoms with Gasteiger partial charge >= 0.3 is 0 Å². The maximum absolute atomic E-state index is 9.47. The summed E-state index contributed by atoms with van der Waals surface area (Å²) in [6, 6.07) is 11.3. The van der Waals surface area contributed by atoms with Crippen molar-refractivity contribution in [3.63, 3.8) is 0 Å². The Labute approximate surface area is 126 Å². The number of aromatic nitrogens is 2. The molecular formula is C16H12ClN3O. The van der Waals surface area contributed by atoms with Crippen LogP contribution in [0.25, 0.3) is 10.9 Å². The molecule has 0 aliphatic rings. The molecule has 104 valence electrons. The van der Waals surface area contributed by atoms with Crippen LogP contribution in [0.5, 0.6) is 0 Å². The molecule has 0 aliphatic heterocycles. The van der Waals surface area contributed by atoms with Crippen molar-refractivity contribution in [1.82, 2.24) is 9.55 Å². The van der Waals surface area contributed by atoms with Gasteiger partial charge in [0.2, 0.25) is 0 Å². The molecule has 0 saturated heterocycles. The summed E-state index contributed by atoms with van der Waals surface area (Å²) in [5.74, 6) is 0. The Morgan fingerprint density at radius 2 is 2.14 bits per heavy atom. The largest absolute Gasteiger partial charge is 0.392 e. The lowest BCUT2D eigenvalue weighted by Crippen LogP contribution is -2.01. The molecule has 0 atom stereocenters. The number of rotatable bonds is 3. The lowest BCUT2D eigenvalue weighted by Gasteiger charge is -2.06. The van der Waals surface area contributed by atoms with Gasteiger partial charge < -0.3 is 9.67 Å². The summed E-state index contributed by atoms with van der Waals surface area (Å²) in [5.41, 5.74) is 3.01. The molecule has 0 aliphatic carbocycles. The normalized spacial score (nSPS) is 10.7. The topological polar surface area (TPSA) is 61.8 Å². The highest BCUT2D eigenvalue weighted by atomic mass is 35.5. The first kappa shape index (κ1) is 13.6. The fourth-order valence-corrected chi connectivity index (χ4v) is 2.61. The zero-order valence-corrected chi connectivity index (χ0v) is 11.9. The number of hydrogen-bond acceptors (Lipinski definition) is 3. The van der Waals surface area contributed by atoms with Crippen LogP contribution in [0.3, 0.4) is 0 Å². The number of benzene rings is 1. The monoisotopic (exact) mass is 297 g/mol. The van der Waals surface area contributed by atoms with Crippen molar-refractivity contribution < 1.29 is 5.11 Å². The Morgan fingerprint density at radius 3 is 2.90 bits per heavy atom. The highest BCUT2D eigenvalue weighted by molar-refractivity contribution is 6.31. The first-order chi connectivity index (χ1) is 10.2. The SMILES string of the molecule is N#Cc1ncccc1Cn1cc(CO)c2ccc(Cl)cc21. The Balaban J connectivity index is 2.13. The number of nitriles is 1. The van der Waals surface area contributed by atoms with Crippen LogP contribution in [0.15, 0.2) is 42.7 Å². The average Bonchev–Trinajstić information content (AvgIpc) is 2.85. The first-order valence-corrected chi connectivity index (χ1v) is 6.83. The number of pyridine rings is 1. The lowest BCUT2D eigenvalue weighted by atomic mass is 10.2. The van der Waals surface area contributed by atoms with E-state index in [-0.39, 0.29) is 6.61 Å². The number of halogens is 1. The molecule has 0 spiro atoms. The quantitative estimate of drug-likeness (QED) is 0.808. The van der Waals surface area contributed by atoms with E-state index in [4.69, 9.17) is 16.9 Å². The van der Waals surface area contributed by atoms with E-state index in [1.165, 1.54) is 0 Å². The number of fused-ring (bicyclic) bond motifs is 1. The molecule has 0 amide bonds. The van der Waals surface area contributed by atoms with Crippen LogP contribution in [0, 0.1) is 11.3 Å². The van der Waals surface area contributed by atoms with E-state index in [1.54, 1.807) is 12.3 Å². The molecule has 0 bridgehead atoms. The van der Waals surface area contributed by atoms with Gasteiger partial charge in [-0.1, -0.05) is 23.7 Å². The highest BCUT2D eigenvalue weighted by Crippen LogP contribution is 2.26. The third-order valence-corrected chi connectivity index (χ3v) is 3.67. The maximum atomic E-state index is 9.47. The first-order valence-electron chi connectivity index (χ1n) is 6.45. The fourth-order valence-electron chi connectivity index (χ4n) is 2.45. The summed E-state index contributed by atoms with van der Waals surface area (Å²) < 4.78 is 1.98. The standard InChI is InChI=1S/C16H12ClN3O/c17-13-3-4-14-12(10-21)9-20(16(14)6-13)8-11-2-1-5-19-15(11)7-18/h1-6,9,21H,8,10H2. The van der Waals surface area contributed by atoms with Crippen LogP contribution in [0.1, 0.15) is 16.8 Å². The molecule has 3 aromatic rings. The third-order valence-electron chi connectivity index (χ3n) is 3.44. The van der Waals surface area contributed by atoms with Crippen LogP contribution in [-0.2, 0) is 13.2 Å². The van der Waals surface area contributed by atoms with Crippen molar-refractivity contribution >= 4 is 22.5 Å². The zero-order valence-electron chi connectivity index (χ0n) is 11.1. The van der Waals surface area contributed by atoms with Gasteiger partial charge in [0.1, 0.15) is 11.8 Å². The van der Waals surface area contributed by atoms with Gasteiger partial charge in [-0.15, -0.1) is 0 Å². The van der Waals surface area contributed by atoms with Crippen LogP contribution in [0.2, 0.25) is 5.02 Å². The Morgan fingerprint density at radius 1 is 1.29 bits per heavy atom. The molecule has 21 heavy (non-hydrogen) atoms. The second-order valence-electron chi connectivity index (χ2n) is 4.72. The molecular weight excluding hydrogens is 286 g/mol. The molecule has 5 heteroatoms. The summed E-state index contributed by atoms with van der Waals surface area (Å²) in [5, 5.41) is 20.2. The van der Waals surface area contributed by atoms with Gasteiger partial charge in [-0.25, -0.2) is 4.98 Å². The van der Waals surface area contributed by atoms with Gasteiger partial charge in [-0.05, 0) is 18.2 Å². The molecule has 1 N–H and O–H groups in total. The van der Waals surface area contributed by atoms with E-state index >= 15 is 0 Å². The van der Waals surface area contributed by atoms with E-state index in [0.29, 0.717) is 17.3 Å². The van der Waals surface area contributed by atoms with E-state index in [2.05, 4.69) is 11.1 Å². The maximum Gasteiger partial charge on any atom is 0.145 e. The van der Waals surface area contributed by atoms with Gasteiger partial charge in [0.05, 0.1) is 18.7 Å². The second kappa shape index (κ2) is 5.57. The summed E-state index contributed by atoms with van der Waals surface area (Å²) in [4.78, 5) is 4.07. The summed E-state index contributed by atoms with van der Waals surface area (Å²) in [6.45, 7) is 0.469. The van der Waals surface area contributed by atoms with Crippen molar-refractivity contribution in [2.24, 2.45) is 0 Å². The van der Waals surface area contributed by atoms with E-state index in [1.807, 2.05) is 35.0 Å². The van der Waals surface area contributed by atoms with Crippen LogP contribution in [0.4, 0.5) is 0 Å². The van der Waals surface area contributed by atoms with Crippen LogP contribution >= 0.6 is 11.6 Å². The Bertz CT molecular complexity index is 848. The predicted molar refractivity (Wildman–Crippen MR) is 80.9 cm³/mol. The predicted octanol–water partition coefficient (Wildman–Crippen LogP) is 3.10. The van der Waals surface area contributed by atoms with E-state index in [0.717, 1.165) is 22.0 Å². The molecule has 0 unspecified atom stereocenters. The van der Waals surface area contributed by atoms with Crippen LogP contribution in [-0.4, -0.2) is 14.7 Å². The van der Waals surface area contributed by atoms with E-state index < -0.39 is 0 Å². The number of hydrogen-bond donors (Lipinski definition) is 1. The number of aliphatic hydroxyl groups is 1. The summed E-state index contributed by atoms with van der Waals surface area (Å²) in [6.07, 6.45) is 3.49. The van der Waals surface area contributed by atoms with Gasteiger partial charge in [0.25, 0.3) is 0 Å². The van der Waals surface area contributed by atoms with Crippen LogP contribution < -0.4 is 0 Å². The van der Waals surface area contributed by atoms with E-state index in [9.17, 15) is 5.11 Å². The van der Waals surface area contributed by atoms with Gasteiger partial charge in [0, 0.05) is 33.9 Å². The van der Waals surface area contributed by atoms with Crippen molar-refractivity contribution in [1.29, 1.82) is 5.26 Å². The molecule has 0 saturated carbocycles. The molecule has 2 aromatic heterocycles. The molecule has 0 radical (unpaired) electrons. The second-order valence-corrected chi connectivity index (χ2v) is 5.16. The highest BCUT2D eigenvalue weighted by Gasteiger charge is 2.10. The van der Waals surface area contributed by atoms with Gasteiger partial charge in [-0.2, -0.15) is 5.26 Å². The zero-order chi connectivity index (χ0) is 14.8. The number of nitrogens with zero attached hydrogens (tertiary/aromatic N) is 3. The molecule has 4 nitrogen and oxygen atoms in total. The third kappa shape index (κ3) is 2.49. The minimum Gasteiger partial charge on any atom is -0.392 e. The molecule has 2 heterocycles. The van der Waals surface area contributed by atoms with Gasteiger partial charge in [-0.3, -0.25) is 0 Å². The Hall–Kier alpha value is -2.35. The van der Waals surface area contributed by atoms with Gasteiger partial charge in [0.15, 0.2) is 0 Å². The summed E-state index contributed by atoms with van der Waals surface area (Å²) >= 11 is 6.06. The van der Waals surface area contributed by atoms with Crippen molar-refractivity contribution in [3.8, 4) is 6.07 Å².